The lowest BCUT2D eigenvalue weighted by Gasteiger charge is -2.56. The number of benzene rings is 1. The van der Waals surface area contributed by atoms with Crippen molar-refractivity contribution in [1.29, 1.82) is 0 Å². The minimum absolute atomic E-state index is 0.0731. The van der Waals surface area contributed by atoms with E-state index in [2.05, 4.69) is 4.98 Å². The summed E-state index contributed by atoms with van der Waals surface area (Å²) in [5, 5.41) is 0.610. The van der Waals surface area contributed by atoms with Crippen LogP contribution in [0, 0.1) is 0 Å². The maximum Gasteiger partial charge on any atom is 0.495 e. The van der Waals surface area contributed by atoms with Crippen LogP contribution in [-0.4, -0.2) is 375 Å². The zero-order valence-electron chi connectivity index (χ0n) is 42.5. The maximum absolute atomic E-state index is 12.6. The standard InChI is InChI=1S/C18H19BN2O3.B49/c1-17(2)18(3,4)24-19(23-17)12-9-10-21-15(11-12)20-14-8-6-5-7-13(14)16(21)22;1-26-39(27(2)3)45(38(24)25)48(44(36(20)21)37(22)23)49(46(40(28(4)5)29(6)7)41(30(8)9)31(10)11)47(42(32(12)13)33(14)15)43(34(16)17)35(18)19/h5-11H,1-4H3;. The molecule has 51 radical (unpaired) electrons. The molecule has 73 heavy (non-hydrogen) atoms. The van der Waals surface area contributed by atoms with E-state index < -0.39 is 165 Å². The lowest BCUT2D eigenvalue weighted by molar-refractivity contribution is 0.00578. The molecule has 0 amide bonds. The van der Waals surface area contributed by atoms with Crippen molar-refractivity contribution in [1.82, 2.24) is 9.38 Å². The molecule has 0 spiro atoms. The highest BCUT2D eigenvalue weighted by atomic mass is 16.7. The van der Waals surface area contributed by atoms with Crippen molar-refractivity contribution in [3.63, 3.8) is 0 Å². The fourth-order valence-electron chi connectivity index (χ4n) is 11.1. The van der Waals surface area contributed by atoms with E-state index in [1.807, 2.05) is 58.0 Å². The summed E-state index contributed by atoms with van der Waals surface area (Å²) in [7, 11) is 161. The molecule has 0 aliphatic carbocycles. The first-order valence-electron chi connectivity index (χ1n) is 24.1. The van der Waals surface area contributed by atoms with Crippen LogP contribution >= 0.6 is 0 Å². The fourth-order valence-corrected chi connectivity index (χ4v) is 11.1. The topological polar surface area (TPSA) is 52.8 Å². The fraction of sp³-hybridized carbons (Fsp3) is 0.333. The maximum atomic E-state index is 12.6. The zero-order chi connectivity index (χ0) is 56.1. The molecule has 4 rings (SSSR count). The Bertz CT molecular complexity index is 2070. The molecular formula is C18H19B50N2O3. The first-order chi connectivity index (χ1) is 33.6. The highest BCUT2D eigenvalue weighted by molar-refractivity contribution is 8.35. The molecule has 1 aromatic carbocycles. The number of para-hydroxylation sites is 1. The van der Waals surface area contributed by atoms with Gasteiger partial charge in [0.05, 0.1) is 22.1 Å². The number of hydrogen-bond donors (Lipinski definition) is 0. The number of aromatic nitrogens is 2. The van der Waals surface area contributed by atoms with Crippen molar-refractivity contribution in [2.75, 3.05) is 0 Å². The van der Waals surface area contributed by atoms with Crippen LogP contribution in [0.5, 0.6) is 0 Å². The summed E-state index contributed by atoms with van der Waals surface area (Å²) < 4.78 is 13.7. The average molecular weight is 852 g/mol. The molecule has 1 fully saturated rings. The number of fused-ring (bicyclic) bond motifs is 2. The third-order valence-corrected chi connectivity index (χ3v) is 15.1. The second-order valence-electron chi connectivity index (χ2n) is 20.7. The molecule has 1 saturated heterocycles. The third kappa shape index (κ3) is 16.4. The van der Waals surface area contributed by atoms with E-state index in [0.29, 0.717) is 16.6 Å². The van der Waals surface area contributed by atoms with Gasteiger partial charge in [-0.3, -0.25) is 9.20 Å². The Morgan fingerprint density at radius 2 is 0.781 bits per heavy atom. The van der Waals surface area contributed by atoms with Crippen LogP contribution in [-0.2, 0) is 9.31 Å². The van der Waals surface area contributed by atoms with Gasteiger partial charge < -0.3 is 9.31 Å². The van der Waals surface area contributed by atoms with Gasteiger partial charge in [0.1, 0.15) is 5.65 Å². The highest BCUT2D eigenvalue weighted by Crippen LogP contribution is 2.36. The smallest absolute Gasteiger partial charge is 0.399 e. The molecule has 2 aromatic heterocycles. The van der Waals surface area contributed by atoms with E-state index in [1.54, 1.807) is 16.7 Å². The number of rotatable bonds is 24. The molecule has 0 unspecified atom stereocenters. The van der Waals surface area contributed by atoms with Crippen LogP contribution in [0.25, 0.3) is 16.6 Å². The van der Waals surface area contributed by atoms with Crippen molar-refractivity contribution in [2.45, 2.75) is 38.9 Å². The van der Waals surface area contributed by atoms with E-state index in [1.165, 1.54) is 7.06 Å². The van der Waals surface area contributed by atoms with Crippen LogP contribution in [0.15, 0.2) is 47.4 Å². The lowest BCUT2D eigenvalue weighted by Crippen LogP contribution is -2.95. The van der Waals surface area contributed by atoms with E-state index in [0.717, 1.165) is 5.46 Å². The van der Waals surface area contributed by atoms with Crippen molar-refractivity contribution < 1.29 is 9.31 Å². The number of pyridine rings is 1. The zero-order valence-corrected chi connectivity index (χ0v) is 42.5. The van der Waals surface area contributed by atoms with Gasteiger partial charge in [0, 0.05) is 354 Å². The molecule has 1 aliphatic heterocycles. The molecule has 0 bridgehead atoms. The first kappa shape index (κ1) is 68.3. The molecule has 55 heteroatoms. The summed E-state index contributed by atoms with van der Waals surface area (Å²) in [6.07, 6.45) is -27.0. The minimum Gasteiger partial charge on any atom is -0.399 e. The van der Waals surface area contributed by atoms with Crippen molar-refractivity contribution >= 4 is 376 Å². The van der Waals surface area contributed by atoms with E-state index in [-0.39, 0.29) is 5.56 Å². The summed E-state index contributed by atoms with van der Waals surface area (Å²) in [5.74, 6) is 0. The van der Waals surface area contributed by atoms with E-state index >= 15 is 0 Å². The van der Waals surface area contributed by atoms with Crippen LogP contribution in [0.2, 0.25) is 0 Å². The summed E-state index contributed by atoms with van der Waals surface area (Å²) in [5.41, 5.74) is 1.26. The Labute approximate surface area is 483 Å². The molecule has 5 nitrogen and oxygen atoms in total. The predicted octanol–water partition coefficient (Wildman–Crippen LogP) is -16.5. The van der Waals surface area contributed by atoms with Gasteiger partial charge in [-0.1, -0.05) is 12.1 Å². The molecule has 0 N–H and O–H groups in total. The molecule has 3 aromatic rings. The van der Waals surface area contributed by atoms with Gasteiger partial charge in [-0.15, -0.1) is 0 Å². The summed E-state index contributed by atoms with van der Waals surface area (Å²) in [6.45, 7) is 8.07. The molecule has 0 atom stereocenters. The van der Waals surface area contributed by atoms with Crippen molar-refractivity contribution in [2.24, 2.45) is 0 Å². The van der Waals surface area contributed by atoms with Gasteiger partial charge in [-0.05, 0) is 57.4 Å². The summed E-state index contributed by atoms with van der Waals surface area (Å²) in [6, 6.07) is 11.1. The Morgan fingerprint density at radius 3 is 1.10 bits per heavy atom. The lowest BCUT2D eigenvalue weighted by atomic mass is 8.25. The molecular weight excluding hydrogens is 833 g/mol. The highest BCUT2D eigenvalue weighted by Gasteiger charge is 2.60. The summed E-state index contributed by atoms with van der Waals surface area (Å²) >= 11 is 0. The van der Waals surface area contributed by atoms with Gasteiger partial charge >= 0.3 is 7.12 Å². The number of hydrogen-bond acceptors (Lipinski definition) is 4. The molecule has 0 saturated carbocycles. The monoisotopic (exact) mass is 862 g/mol. The molecule has 269 valence electrons. The SMILES string of the molecule is CC1(C)OB(c2ccn3c(=O)c4ccccc4nc3c2)OC1(C)C.[B][B]B(B([B])[B])B(B([B])[B])B(B(B([B])[B])B([B])[B])B(B(B(B([B])[B])B([B])[B])B(B([B])[B])B([B])[B])B(B(B([B])[B])B([B])[B])B(B([B])[B])B([B])[B]. The quantitative estimate of drug-likeness (QED) is 0.0665. The van der Waals surface area contributed by atoms with Gasteiger partial charge in [0.15, 0.2) is 0 Å². The van der Waals surface area contributed by atoms with Gasteiger partial charge in [-0.2, -0.15) is 0 Å². The van der Waals surface area contributed by atoms with Crippen LogP contribution in [0.1, 0.15) is 27.7 Å². The van der Waals surface area contributed by atoms with Crippen LogP contribution in [0.4, 0.5) is 0 Å². The van der Waals surface area contributed by atoms with Crippen LogP contribution < -0.4 is 11.0 Å². The second kappa shape index (κ2) is 29.1. The Kier molecular flexibility index (Phi) is 27.2. The second-order valence-corrected chi connectivity index (χ2v) is 20.7. The van der Waals surface area contributed by atoms with E-state index in [9.17, 15) is 4.79 Å². The average Bonchev–Trinajstić information content (AvgIpc) is 3.46. The predicted molar refractivity (Wildman–Crippen MR) is 377 cm³/mol. The largest absolute Gasteiger partial charge is 0.495 e. The minimum atomic E-state index is -1.33. The normalized spacial score (nSPS) is 12.8. The molecule has 1 aliphatic rings. The molecule has 3 heterocycles. The van der Waals surface area contributed by atoms with Gasteiger partial charge in [0.25, 0.3) is 5.56 Å². The Hall–Kier alpha value is 1.01. The van der Waals surface area contributed by atoms with Crippen molar-refractivity contribution in [3.8, 4) is 0 Å². The van der Waals surface area contributed by atoms with Crippen molar-refractivity contribution in [3.05, 3.63) is 52.9 Å². The Balaban J connectivity index is 0.000000478. The summed E-state index contributed by atoms with van der Waals surface area (Å²) in [4.78, 5) is 17.2. The van der Waals surface area contributed by atoms with Crippen LogP contribution in [0.3, 0.4) is 0 Å². The van der Waals surface area contributed by atoms with Gasteiger partial charge in [0.2, 0.25) is 0 Å². The third-order valence-electron chi connectivity index (χ3n) is 15.1. The number of nitrogens with zero attached hydrogens (tertiary/aromatic N) is 2. The Morgan fingerprint density at radius 1 is 0.466 bits per heavy atom. The van der Waals surface area contributed by atoms with Gasteiger partial charge in [-0.25, -0.2) is 4.98 Å². The first-order valence-corrected chi connectivity index (χ1v) is 24.1. The van der Waals surface area contributed by atoms with E-state index in [4.69, 9.17) is 203 Å².